The highest BCUT2D eigenvalue weighted by Crippen LogP contribution is 2.24. The average molecular weight is 272 g/mol. The Kier molecular flexibility index (Phi) is 3.94. The molecule has 0 saturated carbocycles. The summed E-state index contributed by atoms with van der Waals surface area (Å²) in [5.74, 6) is 0. The normalized spacial score (nSPS) is 9.95. The molecule has 0 aliphatic heterocycles. The van der Waals surface area contributed by atoms with Gasteiger partial charge in [-0.15, -0.1) is 0 Å². The molecule has 0 bridgehead atoms. The van der Waals surface area contributed by atoms with E-state index in [4.69, 9.17) is 22.6 Å². The van der Waals surface area contributed by atoms with Crippen LogP contribution < -0.4 is 10.6 Å². The van der Waals surface area contributed by atoms with Gasteiger partial charge in [-0.1, -0.05) is 23.7 Å². The molecule has 0 radical (unpaired) electrons. The first-order valence-electron chi connectivity index (χ1n) is 5.86. The Labute approximate surface area is 117 Å². The van der Waals surface area contributed by atoms with E-state index < -0.39 is 0 Å². The second kappa shape index (κ2) is 5.64. The van der Waals surface area contributed by atoms with Gasteiger partial charge in [-0.25, -0.2) is 0 Å². The smallest absolute Gasteiger partial charge is 0.101 e. The van der Waals surface area contributed by atoms with E-state index in [1.165, 1.54) is 0 Å². The van der Waals surface area contributed by atoms with Crippen LogP contribution in [0.4, 0.5) is 11.4 Å². The van der Waals surface area contributed by atoms with Gasteiger partial charge in [0.1, 0.15) is 6.07 Å². The lowest BCUT2D eigenvalue weighted by molar-refractivity contribution is 0.921. The zero-order valence-corrected chi connectivity index (χ0v) is 11.4. The summed E-state index contributed by atoms with van der Waals surface area (Å²) in [5.41, 5.74) is 8.91. The van der Waals surface area contributed by atoms with E-state index in [0.717, 1.165) is 11.3 Å². The molecule has 0 saturated heterocycles. The number of anilines is 2. The van der Waals surface area contributed by atoms with Crippen LogP contribution in [0.2, 0.25) is 5.02 Å². The highest BCUT2D eigenvalue weighted by Gasteiger charge is 2.09. The Morgan fingerprint density at radius 2 is 2.00 bits per heavy atom. The molecule has 0 spiro atoms. The molecule has 4 heteroatoms. The van der Waals surface area contributed by atoms with Crippen molar-refractivity contribution in [2.75, 3.05) is 17.7 Å². The highest BCUT2D eigenvalue weighted by molar-refractivity contribution is 6.31. The van der Waals surface area contributed by atoms with Gasteiger partial charge in [0.05, 0.1) is 11.3 Å². The lowest BCUT2D eigenvalue weighted by Gasteiger charge is -2.21. The molecular weight excluding hydrogens is 258 g/mol. The van der Waals surface area contributed by atoms with Crippen molar-refractivity contribution in [1.82, 2.24) is 0 Å². The van der Waals surface area contributed by atoms with Gasteiger partial charge >= 0.3 is 0 Å². The third-order valence-corrected chi connectivity index (χ3v) is 3.28. The minimum Gasteiger partial charge on any atom is -0.399 e. The molecule has 0 aliphatic rings. The third-order valence-electron chi connectivity index (χ3n) is 2.91. The van der Waals surface area contributed by atoms with E-state index in [2.05, 4.69) is 6.07 Å². The van der Waals surface area contributed by atoms with Crippen molar-refractivity contribution in [2.24, 2.45) is 0 Å². The standard InChI is InChI=1S/C15H14ClN3/c1-19(15-5-3-2-4-11(15)9-17)10-12-8-13(18)6-7-14(12)16/h2-8H,10,18H2,1H3. The zero-order valence-electron chi connectivity index (χ0n) is 10.6. The maximum atomic E-state index is 9.11. The van der Waals surface area contributed by atoms with E-state index in [1.807, 2.05) is 36.2 Å². The molecule has 0 amide bonds. The van der Waals surface area contributed by atoms with E-state index in [9.17, 15) is 0 Å². The largest absolute Gasteiger partial charge is 0.399 e. The molecule has 96 valence electrons. The van der Waals surface area contributed by atoms with Crippen LogP contribution in [0.1, 0.15) is 11.1 Å². The summed E-state index contributed by atoms with van der Waals surface area (Å²) in [7, 11) is 1.93. The minimum atomic E-state index is 0.600. The summed E-state index contributed by atoms with van der Waals surface area (Å²) in [5, 5.41) is 9.79. The first-order chi connectivity index (χ1) is 9.11. The van der Waals surface area contributed by atoms with Gasteiger partial charge in [-0.3, -0.25) is 0 Å². The lowest BCUT2D eigenvalue weighted by Crippen LogP contribution is -2.17. The summed E-state index contributed by atoms with van der Waals surface area (Å²) in [6, 6.07) is 15.1. The van der Waals surface area contributed by atoms with Crippen LogP contribution in [0.25, 0.3) is 0 Å². The van der Waals surface area contributed by atoms with E-state index in [0.29, 0.717) is 22.8 Å². The lowest BCUT2D eigenvalue weighted by atomic mass is 10.1. The van der Waals surface area contributed by atoms with Crippen LogP contribution >= 0.6 is 11.6 Å². The van der Waals surface area contributed by atoms with Crippen molar-refractivity contribution in [2.45, 2.75) is 6.54 Å². The Hall–Kier alpha value is -2.18. The molecule has 0 heterocycles. The summed E-state index contributed by atoms with van der Waals surface area (Å²) < 4.78 is 0. The molecule has 2 N–H and O–H groups in total. The molecule has 2 aromatic rings. The molecule has 2 rings (SSSR count). The second-order valence-corrected chi connectivity index (χ2v) is 4.74. The topological polar surface area (TPSA) is 53.0 Å². The van der Waals surface area contributed by atoms with Crippen molar-refractivity contribution in [3.8, 4) is 6.07 Å². The molecule has 19 heavy (non-hydrogen) atoms. The first-order valence-corrected chi connectivity index (χ1v) is 6.24. The van der Waals surface area contributed by atoms with Crippen LogP contribution in [0.5, 0.6) is 0 Å². The van der Waals surface area contributed by atoms with Gasteiger partial charge in [0.25, 0.3) is 0 Å². The maximum absolute atomic E-state index is 9.11. The van der Waals surface area contributed by atoms with E-state index >= 15 is 0 Å². The van der Waals surface area contributed by atoms with Gasteiger partial charge in [-0.2, -0.15) is 5.26 Å². The number of nitrogens with two attached hydrogens (primary N) is 1. The molecule has 0 fully saturated rings. The Morgan fingerprint density at radius 1 is 1.26 bits per heavy atom. The SMILES string of the molecule is CN(Cc1cc(N)ccc1Cl)c1ccccc1C#N. The monoisotopic (exact) mass is 271 g/mol. The maximum Gasteiger partial charge on any atom is 0.101 e. The summed E-state index contributed by atoms with van der Waals surface area (Å²) in [4.78, 5) is 1.99. The number of para-hydroxylation sites is 1. The Morgan fingerprint density at radius 3 is 2.74 bits per heavy atom. The number of nitrogens with zero attached hydrogens (tertiary/aromatic N) is 2. The summed E-state index contributed by atoms with van der Waals surface area (Å²) in [6.45, 7) is 0.600. The molecule has 0 unspecified atom stereocenters. The fourth-order valence-electron chi connectivity index (χ4n) is 1.96. The van der Waals surface area contributed by atoms with Crippen molar-refractivity contribution in [3.05, 3.63) is 58.6 Å². The first kappa shape index (κ1) is 13.3. The Bertz CT molecular complexity index is 632. The summed E-state index contributed by atoms with van der Waals surface area (Å²) >= 11 is 6.15. The van der Waals surface area contributed by atoms with Crippen LogP contribution in [0.3, 0.4) is 0 Å². The number of rotatable bonds is 3. The fourth-order valence-corrected chi connectivity index (χ4v) is 2.13. The van der Waals surface area contributed by atoms with Gasteiger partial charge < -0.3 is 10.6 Å². The molecular formula is C15H14ClN3. The molecule has 0 atom stereocenters. The highest BCUT2D eigenvalue weighted by atomic mass is 35.5. The number of nitriles is 1. The third kappa shape index (κ3) is 2.98. The Balaban J connectivity index is 2.28. The van der Waals surface area contributed by atoms with Crippen LogP contribution in [-0.2, 0) is 6.54 Å². The van der Waals surface area contributed by atoms with E-state index in [-0.39, 0.29) is 0 Å². The van der Waals surface area contributed by atoms with Crippen LogP contribution in [0, 0.1) is 11.3 Å². The fraction of sp³-hybridized carbons (Fsp3) is 0.133. The molecule has 0 aliphatic carbocycles. The van der Waals surface area contributed by atoms with Crippen LogP contribution in [0.15, 0.2) is 42.5 Å². The number of benzene rings is 2. The number of hydrogen-bond acceptors (Lipinski definition) is 3. The van der Waals surface area contributed by atoms with Gasteiger partial charge in [0.2, 0.25) is 0 Å². The van der Waals surface area contributed by atoms with Crippen LogP contribution in [-0.4, -0.2) is 7.05 Å². The van der Waals surface area contributed by atoms with E-state index in [1.54, 1.807) is 18.2 Å². The quantitative estimate of drug-likeness (QED) is 0.870. The van der Waals surface area contributed by atoms with Gasteiger partial charge in [0.15, 0.2) is 0 Å². The van der Waals surface area contributed by atoms with Gasteiger partial charge in [0, 0.05) is 24.3 Å². The molecule has 2 aromatic carbocycles. The second-order valence-electron chi connectivity index (χ2n) is 4.34. The molecule has 3 nitrogen and oxygen atoms in total. The van der Waals surface area contributed by atoms with Crippen molar-refractivity contribution in [1.29, 1.82) is 5.26 Å². The predicted octanol–water partition coefficient (Wildman–Crippen LogP) is 3.43. The minimum absolute atomic E-state index is 0.600. The zero-order chi connectivity index (χ0) is 13.8. The van der Waals surface area contributed by atoms with Gasteiger partial charge in [-0.05, 0) is 35.9 Å². The van der Waals surface area contributed by atoms with Crippen molar-refractivity contribution in [3.63, 3.8) is 0 Å². The number of halogens is 1. The van der Waals surface area contributed by atoms with Crippen molar-refractivity contribution < 1.29 is 0 Å². The molecule has 0 aromatic heterocycles. The average Bonchev–Trinajstić information content (AvgIpc) is 2.42. The number of hydrogen-bond donors (Lipinski definition) is 1. The predicted molar refractivity (Wildman–Crippen MR) is 79.1 cm³/mol. The van der Waals surface area contributed by atoms with Crippen molar-refractivity contribution >= 4 is 23.0 Å². The number of nitrogen functional groups attached to an aromatic ring is 1. The summed E-state index contributed by atoms with van der Waals surface area (Å²) in [6.07, 6.45) is 0.